The molecule has 4 nitrogen and oxygen atoms in total. The molecule has 0 bridgehead atoms. The van der Waals surface area contributed by atoms with Gasteiger partial charge in [-0.25, -0.2) is 4.98 Å². The Morgan fingerprint density at radius 3 is 3.19 bits per heavy atom. The number of aromatic nitrogens is 2. The van der Waals surface area contributed by atoms with E-state index in [4.69, 9.17) is 0 Å². The second-order valence-corrected chi connectivity index (χ2v) is 4.39. The van der Waals surface area contributed by atoms with Gasteiger partial charge in [0.2, 0.25) is 0 Å². The quantitative estimate of drug-likeness (QED) is 0.715. The zero-order valence-electron chi connectivity index (χ0n) is 9.38. The maximum Gasteiger partial charge on any atom is 0.104 e. The van der Waals surface area contributed by atoms with E-state index in [0.29, 0.717) is 6.04 Å². The fourth-order valence-electron chi connectivity index (χ4n) is 2.24. The number of fused-ring (bicyclic) bond motifs is 1. The van der Waals surface area contributed by atoms with Crippen molar-refractivity contribution in [1.29, 1.82) is 0 Å². The molecule has 1 aliphatic heterocycles. The number of H-pyrrole nitrogens is 1. The average Bonchev–Trinajstić information content (AvgIpc) is 2.85. The van der Waals surface area contributed by atoms with Crippen LogP contribution in [0.5, 0.6) is 0 Å². The molecular weight excluding hydrogens is 200 g/mol. The second-order valence-electron chi connectivity index (χ2n) is 4.39. The van der Waals surface area contributed by atoms with Gasteiger partial charge in [0.05, 0.1) is 11.0 Å². The Labute approximate surface area is 94.5 Å². The molecule has 0 spiro atoms. The first-order chi connectivity index (χ1) is 7.81. The lowest BCUT2D eigenvalue weighted by molar-refractivity contribution is 0.793. The summed E-state index contributed by atoms with van der Waals surface area (Å²) >= 11 is 0. The second kappa shape index (κ2) is 3.79. The molecule has 4 heteroatoms. The minimum atomic E-state index is 0.557. The number of aryl methyl sites for hydroxylation is 1. The van der Waals surface area contributed by atoms with Crippen molar-refractivity contribution in [2.45, 2.75) is 19.4 Å². The highest BCUT2D eigenvalue weighted by atomic mass is 15.0. The van der Waals surface area contributed by atoms with Crippen LogP contribution in [0, 0.1) is 6.92 Å². The van der Waals surface area contributed by atoms with E-state index in [2.05, 4.69) is 38.8 Å². The molecule has 3 rings (SSSR count). The van der Waals surface area contributed by atoms with Crippen molar-refractivity contribution in [2.24, 2.45) is 0 Å². The first-order valence-electron chi connectivity index (χ1n) is 5.75. The number of aromatic amines is 1. The van der Waals surface area contributed by atoms with E-state index in [1.165, 1.54) is 12.1 Å². The molecule has 1 unspecified atom stereocenters. The Hall–Kier alpha value is -1.55. The van der Waals surface area contributed by atoms with Gasteiger partial charge in [0.15, 0.2) is 0 Å². The van der Waals surface area contributed by atoms with Gasteiger partial charge in [-0.3, -0.25) is 0 Å². The van der Waals surface area contributed by atoms with Crippen LogP contribution in [0.4, 0.5) is 5.69 Å². The van der Waals surface area contributed by atoms with Crippen molar-refractivity contribution in [1.82, 2.24) is 15.3 Å². The van der Waals surface area contributed by atoms with Crippen molar-refractivity contribution in [3.8, 4) is 0 Å². The third kappa shape index (κ3) is 1.76. The lowest BCUT2D eigenvalue weighted by atomic mass is 10.2. The Balaban J connectivity index is 1.86. The van der Waals surface area contributed by atoms with Crippen LogP contribution in [-0.2, 0) is 0 Å². The summed E-state index contributed by atoms with van der Waals surface area (Å²) in [5.41, 5.74) is 3.31. The summed E-state index contributed by atoms with van der Waals surface area (Å²) in [6, 6.07) is 6.85. The molecule has 1 fully saturated rings. The Bertz CT molecular complexity index is 497. The highest BCUT2D eigenvalue weighted by molar-refractivity contribution is 5.79. The summed E-state index contributed by atoms with van der Waals surface area (Å²) in [6.07, 6.45) is 1.19. The molecule has 84 valence electrons. The molecule has 0 saturated carbocycles. The van der Waals surface area contributed by atoms with E-state index >= 15 is 0 Å². The van der Waals surface area contributed by atoms with Gasteiger partial charge < -0.3 is 15.6 Å². The van der Waals surface area contributed by atoms with E-state index in [-0.39, 0.29) is 0 Å². The molecule has 0 aliphatic carbocycles. The van der Waals surface area contributed by atoms with E-state index in [0.717, 1.165) is 29.9 Å². The summed E-state index contributed by atoms with van der Waals surface area (Å²) < 4.78 is 0. The molecule has 0 radical (unpaired) electrons. The lowest BCUT2D eigenvalue weighted by Gasteiger charge is -2.12. The highest BCUT2D eigenvalue weighted by Gasteiger charge is 2.13. The number of benzene rings is 1. The topological polar surface area (TPSA) is 52.7 Å². The van der Waals surface area contributed by atoms with Crippen LogP contribution >= 0.6 is 0 Å². The third-order valence-electron chi connectivity index (χ3n) is 3.03. The molecule has 1 atom stereocenters. The number of nitrogens with one attached hydrogen (secondary N) is 3. The van der Waals surface area contributed by atoms with E-state index in [1.54, 1.807) is 0 Å². The average molecular weight is 216 g/mol. The summed E-state index contributed by atoms with van der Waals surface area (Å²) in [5.74, 6) is 0.967. The number of nitrogens with zero attached hydrogens (tertiary/aromatic N) is 1. The van der Waals surface area contributed by atoms with E-state index in [1.807, 2.05) is 6.92 Å². The fraction of sp³-hybridized carbons (Fsp3) is 0.417. The molecular formula is C12H16N4. The van der Waals surface area contributed by atoms with Crippen molar-refractivity contribution in [3.63, 3.8) is 0 Å². The molecule has 3 N–H and O–H groups in total. The van der Waals surface area contributed by atoms with Crippen molar-refractivity contribution >= 4 is 16.7 Å². The smallest absolute Gasteiger partial charge is 0.104 e. The van der Waals surface area contributed by atoms with Crippen molar-refractivity contribution < 1.29 is 0 Å². The molecule has 1 aliphatic rings. The minimum absolute atomic E-state index is 0.557. The normalized spacial score (nSPS) is 20.4. The van der Waals surface area contributed by atoms with Gasteiger partial charge in [-0.2, -0.15) is 0 Å². The van der Waals surface area contributed by atoms with Crippen molar-refractivity contribution in [2.75, 3.05) is 18.4 Å². The monoisotopic (exact) mass is 216 g/mol. The van der Waals surface area contributed by atoms with Crippen LogP contribution in [0.15, 0.2) is 18.2 Å². The minimum Gasteiger partial charge on any atom is -0.381 e. The number of imidazole rings is 1. The van der Waals surface area contributed by atoms with Gasteiger partial charge in [-0.15, -0.1) is 0 Å². The number of hydrogen-bond acceptors (Lipinski definition) is 3. The van der Waals surface area contributed by atoms with Crippen LogP contribution in [0.2, 0.25) is 0 Å². The number of rotatable bonds is 2. The van der Waals surface area contributed by atoms with Crippen LogP contribution < -0.4 is 10.6 Å². The Morgan fingerprint density at radius 2 is 2.38 bits per heavy atom. The molecule has 2 aromatic rings. The van der Waals surface area contributed by atoms with Gasteiger partial charge in [-0.05, 0) is 38.1 Å². The Kier molecular flexibility index (Phi) is 2.29. The summed E-state index contributed by atoms with van der Waals surface area (Å²) in [6.45, 7) is 4.15. The predicted molar refractivity (Wildman–Crippen MR) is 65.7 cm³/mol. The van der Waals surface area contributed by atoms with Crippen LogP contribution in [0.1, 0.15) is 12.2 Å². The van der Waals surface area contributed by atoms with Gasteiger partial charge in [-0.1, -0.05) is 0 Å². The molecule has 2 heterocycles. The molecule has 1 saturated heterocycles. The number of hydrogen-bond donors (Lipinski definition) is 3. The third-order valence-corrected chi connectivity index (χ3v) is 3.03. The maximum atomic E-state index is 4.39. The zero-order chi connectivity index (χ0) is 11.0. The largest absolute Gasteiger partial charge is 0.381 e. The first kappa shape index (κ1) is 9.66. The van der Waals surface area contributed by atoms with Gasteiger partial charge in [0.1, 0.15) is 5.82 Å². The molecule has 1 aromatic carbocycles. The van der Waals surface area contributed by atoms with Crippen molar-refractivity contribution in [3.05, 3.63) is 24.0 Å². The van der Waals surface area contributed by atoms with Gasteiger partial charge >= 0.3 is 0 Å². The number of anilines is 1. The zero-order valence-corrected chi connectivity index (χ0v) is 9.38. The summed E-state index contributed by atoms with van der Waals surface area (Å²) in [5, 5.41) is 6.88. The predicted octanol–water partition coefficient (Wildman–Crippen LogP) is 1.65. The maximum absolute atomic E-state index is 4.39. The molecule has 1 aromatic heterocycles. The summed E-state index contributed by atoms with van der Waals surface area (Å²) in [7, 11) is 0. The van der Waals surface area contributed by atoms with Crippen LogP contribution in [0.3, 0.4) is 0 Å². The fourth-order valence-corrected chi connectivity index (χ4v) is 2.24. The van der Waals surface area contributed by atoms with Crippen LogP contribution in [-0.4, -0.2) is 29.1 Å². The van der Waals surface area contributed by atoms with Gasteiger partial charge in [0.25, 0.3) is 0 Å². The van der Waals surface area contributed by atoms with Gasteiger partial charge in [0, 0.05) is 18.3 Å². The molecule has 0 amide bonds. The molecule has 16 heavy (non-hydrogen) atoms. The highest BCUT2D eigenvalue weighted by Crippen LogP contribution is 2.18. The SMILES string of the molecule is Cc1nc2ccc(NC3CCNC3)cc2[nH]1. The van der Waals surface area contributed by atoms with Crippen LogP contribution in [0.25, 0.3) is 11.0 Å². The Morgan fingerprint density at radius 1 is 1.44 bits per heavy atom. The van der Waals surface area contributed by atoms with E-state index in [9.17, 15) is 0 Å². The standard InChI is InChI=1S/C12H16N4/c1-8-14-11-3-2-9(6-12(11)15-8)16-10-4-5-13-7-10/h2-3,6,10,13,16H,4-5,7H2,1H3,(H,14,15). The summed E-state index contributed by atoms with van der Waals surface area (Å²) in [4.78, 5) is 7.65. The van der Waals surface area contributed by atoms with E-state index < -0.39 is 0 Å². The lowest BCUT2D eigenvalue weighted by Crippen LogP contribution is -2.21. The first-order valence-corrected chi connectivity index (χ1v) is 5.75.